The van der Waals surface area contributed by atoms with Crippen molar-refractivity contribution in [1.29, 1.82) is 0 Å². The van der Waals surface area contributed by atoms with Crippen molar-refractivity contribution in [3.8, 4) is 0 Å². The Bertz CT molecular complexity index is 416. The van der Waals surface area contributed by atoms with Crippen LogP contribution in [0.1, 0.15) is 0 Å². The highest BCUT2D eigenvalue weighted by atomic mass is 15.1. The van der Waals surface area contributed by atoms with Gasteiger partial charge in [-0.05, 0) is 12.1 Å². The van der Waals surface area contributed by atoms with Crippen LogP contribution in [0.2, 0.25) is 0 Å². The molecule has 13 heavy (non-hydrogen) atoms. The minimum Gasteiger partial charge on any atom is -0.377 e. The maximum atomic E-state index is 4.09. The molecule has 0 N–H and O–H groups in total. The summed E-state index contributed by atoms with van der Waals surface area (Å²) in [6, 6.07) is 8.29. The van der Waals surface area contributed by atoms with E-state index in [9.17, 15) is 0 Å². The fourth-order valence-electron chi connectivity index (χ4n) is 1.50. The van der Waals surface area contributed by atoms with E-state index >= 15 is 0 Å². The molecule has 0 amide bonds. The van der Waals surface area contributed by atoms with Crippen molar-refractivity contribution in [2.75, 3.05) is 19.0 Å². The van der Waals surface area contributed by atoms with Gasteiger partial charge in [-0.1, -0.05) is 12.1 Å². The molecular formula is C11H12N2. The second kappa shape index (κ2) is 3.05. The molecule has 2 aromatic rings. The van der Waals surface area contributed by atoms with Gasteiger partial charge in [-0.2, -0.15) is 0 Å². The summed E-state index contributed by atoms with van der Waals surface area (Å²) in [4.78, 5) is 6.21. The quantitative estimate of drug-likeness (QED) is 0.656. The minimum atomic E-state index is 1.19. The van der Waals surface area contributed by atoms with E-state index in [-0.39, 0.29) is 0 Å². The highest BCUT2D eigenvalue weighted by Crippen LogP contribution is 2.23. The molecule has 1 aromatic heterocycles. The number of hydrogen-bond donors (Lipinski definition) is 0. The van der Waals surface area contributed by atoms with Gasteiger partial charge >= 0.3 is 0 Å². The lowest BCUT2D eigenvalue weighted by atomic mass is 10.1. The van der Waals surface area contributed by atoms with Crippen LogP contribution >= 0.6 is 0 Å². The van der Waals surface area contributed by atoms with E-state index in [1.807, 2.05) is 18.5 Å². The lowest BCUT2D eigenvalue weighted by molar-refractivity contribution is 1.14. The first kappa shape index (κ1) is 8.05. The summed E-state index contributed by atoms with van der Waals surface area (Å²) < 4.78 is 0. The Morgan fingerprint density at radius 2 is 2.00 bits per heavy atom. The van der Waals surface area contributed by atoms with E-state index in [1.54, 1.807) is 0 Å². The topological polar surface area (TPSA) is 16.1 Å². The molecule has 0 aliphatic rings. The van der Waals surface area contributed by atoms with Crippen LogP contribution in [0.15, 0.2) is 36.7 Å². The zero-order valence-electron chi connectivity index (χ0n) is 7.86. The van der Waals surface area contributed by atoms with Gasteiger partial charge in [-0.25, -0.2) is 0 Å². The van der Waals surface area contributed by atoms with E-state index in [2.05, 4.69) is 42.2 Å². The van der Waals surface area contributed by atoms with Crippen molar-refractivity contribution in [3.05, 3.63) is 36.7 Å². The number of anilines is 1. The average molecular weight is 172 g/mol. The molecule has 0 unspecified atom stereocenters. The molecule has 0 aliphatic carbocycles. The van der Waals surface area contributed by atoms with Gasteiger partial charge in [0.25, 0.3) is 0 Å². The van der Waals surface area contributed by atoms with Crippen molar-refractivity contribution >= 4 is 16.5 Å². The van der Waals surface area contributed by atoms with Crippen LogP contribution in [0.4, 0.5) is 5.69 Å². The monoisotopic (exact) mass is 172 g/mol. The first-order valence-corrected chi connectivity index (χ1v) is 4.29. The third-order valence-electron chi connectivity index (χ3n) is 2.14. The van der Waals surface area contributed by atoms with Gasteiger partial charge in [0, 0.05) is 42.9 Å². The van der Waals surface area contributed by atoms with Gasteiger partial charge in [-0.3, -0.25) is 4.98 Å². The third kappa shape index (κ3) is 1.35. The van der Waals surface area contributed by atoms with Gasteiger partial charge in [0.15, 0.2) is 0 Å². The van der Waals surface area contributed by atoms with E-state index in [0.717, 1.165) is 0 Å². The molecule has 2 heteroatoms. The molecular weight excluding hydrogens is 160 g/mol. The molecule has 0 fully saturated rings. The Morgan fingerprint density at radius 3 is 2.77 bits per heavy atom. The van der Waals surface area contributed by atoms with Gasteiger partial charge in [0.2, 0.25) is 0 Å². The number of hydrogen-bond acceptors (Lipinski definition) is 2. The second-order valence-corrected chi connectivity index (χ2v) is 3.27. The zero-order chi connectivity index (χ0) is 9.26. The Balaban J connectivity index is 2.76. The van der Waals surface area contributed by atoms with Gasteiger partial charge in [0.05, 0.1) is 0 Å². The maximum Gasteiger partial charge on any atom is 0.0441 e. The first-order chi connectivity index (χ1) is 6.29. The fraction of sp³-hybridized carbons (Fsp3) is 0.182. The molecule has 1 heterocycles. The summed E-state index contributed by atoms with van der Waals surface area (Å²) >= 11 is 0. The Kier molecular flexibility index (Phi) is 1.89. The lowest BCUT2D eigenvalue weighted by Crippen LogP contribution is -2.08. The molecule has 0 saturated heterocycles. The molecule has 0 aliphatic heterocycles. The summed E-state index contributed by atoms with van der Waals surface area (Å²) in [5, 5.41) is 2.44. The van der Waals surface area contributed by atoms with Crippen molar-refractivity contribution < 1.29 is 0 Å². The number of fused-ring (bicyclic) bond motifs is 1. The standard InChI is InChI=1S/C11H12N2/c1-13(2)11-5-3-4-9-8-12-7-6-10(9)11/h3-8H,1-2H3. The van der Waals surface area contributed by atoms with E-state index in [1.165, 1.54) is 16.5 Å². The third-order valence-corrected chi connectivity index (χ3v) is 2.14. The molecule has 0 spiro atoms. The number of nitrogens with zero attached hydrogens (tertiary/aromatic N) is 2. The van der Waals surface area contributed by atoms with Crippen molar-refractivity contribution in [2.45, 2.75) is 0 Å². The van der Waals surface area contributed by atoms with Crippen LogP contribution in [0, 0.1) is 0 Å². The van der Waals surface area contributed by atoms with E-state index in [4.69, 9.17) is 0 Å². The van der Waals surface area contributed by atoms with Gasteiger partial charge in [-0.15, -0.1) is 0 Å². The predicted molar refractivity (Wildman–Crippen MR) is 56.1 cm³/mol. The molecule has 2 nitrogen and oxygen atoms in total. The molecule has 66 valence electrons. The summed E-state index contributed by atoms with van der Waals surface area (Å²) in [7, 11) is 4.10. The van der Waals surface area contributed by atoms with Crippen LogP contribution in [0.5, 0.6) is 0 Å². The minimum absolute atomic E-state index is 1.19. The van der Waals surface area contributed by atoms with Crippen LogP contribution in [0.25, 0.3) is 10.8 Å². The lowest BCUT2D eigenvalue weighted by Gasteiger charge is -2.14. The van der Waals surface area contributed by atoms with Gasteiger partial charge in [0.1, 0.15) is 0 Å². The van der Waals surface area contributed by atoms with E-state index < -0.39 is 0 Å². The number of pyridine rings is 1. The molecule has 0 radical (unpaired) electrons. The predicted octanol–water partition coefficient (Wildman–Crippen LogP) is 2.30. The highest BCUT2D eigenvalue weighted by molar-refractivity contribution is 5.93. The average Bonchev–Trinajstić information content (AvgIpc) is 2.17. The van der Waals surface area contributed by atoms with Crippen molar-refractivity contribution in [1.82, 2.24) is 4.98 Å². The Morgan fingerprint density at radius 1 is 1.15 bits per heavy atom. The zero-order valence-corrected chi connectivity index (χ0v) is 7.86. The Hall–Kier alpha value is -1.57. The van der Waals surface area contributed by atoms with Crippen molar-refractivity contribution in [2.24, 2.45) is 0 Å². The summed E-state index contributed by atoms with van der Waals surface area (Å²) in [5.74, 6) is 0. The summed E-state index contributed by atoms with van der Waals surface area (Å²) in [5.41, 5.74) is 1.24. The van der Waals surface area contributed by atoms with Crippen LogP contribution in [-0.4, -0.2) is 19.1 Å². The Labute approximate surface area is 77.8 Å². The SMILES string of the molecule is CN(C)c1cccc2cnccc12. The van der Waals surface area contributed by atoms with Crippen LogP contribution in [0.3, 0.4) is 0 Å². The molecule has 0 saturated carbocycles. The number of benzene rings is 1. The molecule has 0 atom stereocenters. The molecule has 0 bridgehead atoms. The summed E-state index contributed by atoms with van der Waals surface area (Å²) in [6.07, 6.45) is 3.72. The number of aromatic nitrogens is 1. The number of rotatable bonds is 1. The van der Waals surface area contributed by atoms with Crippen LogP contribution < -0.4 is 4.90 Å². The molecule has 2 rings (SSSR count). The largest absolute Gasteiger partial charge is 0.377 e. The smallest absolute Gasteiger partial charge is 0.0441 e. The maximum absolute atomic E-state index is 4.09. The van der Waals surface area contributed by atoms with E-state index in [0.29, 0.717) is 0 Å². The second-order valence-electron chi connectivity index (χ2n) is 3.27. The van der Waals surface area contributed by atoms with Crippen LogP contribution in [-0.2, 0) is 0 Å². The van der Waals surface area contributed by atoms with Gasteiger partial charge < -0.3 is 4.90 Å². The molecule has 1 aromatic carbocycles. The highest BCUT2D eigenvalue weighted by Gasteiger charge is 2.00. The summed E-state index contributed by atoms with van der Waals surface area (Å²) in [6.45, 7) is 0. The fourth-order valence-corrected chi connectivity index (χ4v) is 1.50. The van der Waals surface area contributed by atoms with Crippen molar-refractivity contribution in [3.63, 3.8) is 0 Å². The normalized spacial score (nSPS) is 10.3. The first-order valence-electron chi connectivity index (χ1n) is 4.29.